The number of rotatable bonds is 13. The van der Waals surface area contributed by atoms with E-state index in [9.17, 15) is 40.9 Å². The summed E-state index contributed by atoms with van der Waals surface area (Å²) in [6.07, 6.45) is 2.96. The van der Waals surface area contributed by atoms with Crippen LogP contribution in [0.1, 0.15) is 33.4 Å². The van der Waals surface area contributed by atoms with Crippen molar-refractivity contribution in [2.24, 2.45) is 0 Å². The van der Waals surface area contributed by atoms with Crippen molar-refractivity contribution in [3.63, 3.8) is 0 Å². The van der Waals surface area contributed by atoms with Crippen molar-refractivity contribution in [2.75, 3.05) is 0 Å². The van der Waals surface area contributed by atoms with E-state index in [1.807, 2.05) is 12.1 Å². The number of benzene rings is 6. The van der Waals surface area contributed by atoms with Crippen molar-refractivity contribution in [2.45, 2.75) is 38.5 Å². The number of phenolic OH excluding ortho intramolecular Hbond substituents is 8. The summed E-state index contributed by atoms with van der Waals surface area (Å²) >= 11 is 0. The third-order valence-electron chi connectivity index (χ3n) is 8.52. The molecular weight excluding hydrogens is 664 g/mol. The molecule has 0 saturated heterocycles. The highest BCUT2D eigenvalue weighted by molar-refractivity contribution is 5.56. The minimum Gasteiger partial charge on any atom is -0.508 e. The van der Waals surface area contributed by atoms with E-state index in [0.717, 1.165) is 22.3 Å². The molecule has 0 radical (unpaired) electrons. The first-order chi connectivity index (χ1) is 25.0. The van der Waals surface area contributed by atoms with Gasteiger partial charge in [-0.05, 0) is 145 Å². The zero-order chi connectivity index (χ0) is 36.8. The summed E-state index contributed by atoms with van der Waals surface area (Å²) in [5.74, 6) is -1.05. The molecule has 0 bridgehead atoms. The van der Waals surface area contributed by atoms with Gasteiger partial charge in [0.25, 0.3) is 0 Å². The van der Waals surface area contributed by atoms with E-state index < -0.39 is 23.0 Å². The third-order valence-corrected chi connectivity index (χ3v) is 8.52. The molecule has 8 N–H and O–H groups in total. The van der Waals surface area contributed by atoms with E-state index in [4.69, 9.17) is 9.47 Å². The fourth-order valence-electron chi connectivity index (χ4n) is 5.98. The fourth-order valence-corrected chi connectivity index (χ4v) is 5.98. The number of hydrogen-bond donors (Lipinski definition) is 8. The summed E-state index contributed by atoms with van der Waals surface area (Å²) in [6.45, 7) is 0. The number of aryl methyl sites for hydroxylation is 6. The van der Waals surface area contributed by atoms with Crippen LogP contribution in [0.4, 0.5) is 0 Å². The van der Waals surface area contributed by atoms with Gasteiger partial charge in [-0.1, -0.05) is 24.3 Å². The first-order valence-corrected chi connectivity index (χ1v) is 16.6. The molecule has 0 unspecified atom stereocenters. The molecule has 0 spiro atoms. The Labute approximate surface area is 299 Å². The summed E-state index contributed by atoms with van der Waals surface area (Å²) in [5, 5.41) is 82.5. The molecule has 10 heteroatoms. The van der Waals surface area contributed by atoms with Gasteiger partial charge in [-0.3, -0.25) is 0 Å². The molecule has 0 aliphatic heterocycles. The Morgan fingerprint density at radius 2 is 0.673 bits per heavy atom. The highest BCUT2D eigenvalue weighted by atomic mass is 16.5. The monoisotopic (exact) mass is 702 g/mol. The second-order valence-corrected chi connectivity index (χ2v) is 12.6. The molecule has 6 rings (SSSR count). The summed E-state index contributed by atoms with van der Waals surface area (Å²) in [5.41, 5.74) is 4.56. The lowest BCUT2D eigenvalue weighted by atomic mass is 10.0. The zero-order valence-corrected chi connectivity index (χ0v) is 28.0. The van der Waals surface area contributed by atoms with E-state index in [-0.39, 0.29) is 46.0 Å². The molecule has 0 aliphatic rings. The zero-order valence-electron chi connectivity index (χ0n) is 28.0. The van der Waals surface area contributed by atoms with Gasteiger partial charge in [0.2, 0.25) is 11.5 Å². The van der Waals surface area contributed by atoms with Crippen LogP contribution in [0.5, 0.6) is 69.0 Å². The second-order valence-electron chi connectivity index (χ2n) is 12.6. The molecule has 0 fully saturated rings. The first kappa shape index (κ1) is 35.2. The van der Waals surface area contributed by atoms with Crippen LogP contribution in [-0.4, -0.2) is 40.9 Å². The van der Waals surface area contributed by atoms with E-state index in [1.54, 1.807) is 72.8 Å². The highest BCUT2D eigenvalue weighted by Crippen LogP contribution is 2.42. The average Bonchev–Trinajstić information content (AvgIpc) is 3.09. The summed E-state index contributed by atoms with van der Waals surface area (Å²) < 4.78 is 11.9. The minimum absolute atomic E-state index is 0.0270. The molecule has 52 heavy (non-hydrogen) atoms. The normalized spacial score (nSPS) is 11.0. The van der Waals surface area contributed by atoms with Crippen molar-refractivity contribution in [3.8, 4) is 69.0 Å². The lowest BCUT2D eigenvalue weighted by molar-refractivity contribution is 0.370. The second kappa shape index (κ2) is 15.5. The Kier molecular flexibility index (Phi) is 10.5. The molecular formula is C42H38O10. The maximum absolute atomic E-state index is 10.6. The van der Waals surface area contributed by atoms with Crippen molar-refractivity contribution in [3.05, 3.63) is 143 Å². The smallest absolute Gasteiger partial charge is 0.201 e. The number of aromatic hydroxyl groups is 8. The fraction of sp³-hybridized carbons (Fsp3) is 0.143. The van der Waals surface area contributed by atoms with Gasteiger partial charge >= 0.3 is 0 Å². The molecule has 0 aliphatic carbocycles. The van der Waals surface area contributed by atoms with Crippen LogP contribution in [0, 0.1) is 0 Å². The van der Waals surface area contributed by atoms with Crippen LogP contribution >= 0.6 is 0 Å². The summed E-state index contributed by atoms with van der Waals surface area (Å²) in [6, 6.07) is 29.2. The lowest BCUT2D eigenvalue weighted by Gasteiger charge is -2.14. The van der Waals surface area contributed by atoms with E-state index in [2.05, 4.69) is 0 Å². The van der Waals surface area contributed by atoms with E-state index >= 15 is 0 Å². The van der Waals surface area contributed by atoms with Crippen LogP contribution in [0.3, 0.4) is 0 Å². The van der Waals surface area contributed by atoms with Crippen LogP contribution < -0.4 is 9.47 Å². The topological polar surface area (TPSA) is 180 Å². The standard InChI is InChI=1S/C42H38O10/c43-31-5-1-3-25(13-31)7-9-27-15-33(45)23-35(17-27)51-39-21-29(19-37(47)41(39)49)11-12-30-20-38(48)42(50)40(22-30)52-36-18-28(16-34(46)24-36)10-8-26-4-2-6-32(44)14-26/h1-6,13-24,43-50H,7-12H2. The maximum Gasteiger partial charge on any atom is 0.201 e. The summed E-state index contributed by atoms with van der Waals surface area (Å²) in [4.78, 5) is 0. The molecule has 266 valence electrons. The SMILES string of the molecule is Oc1cccc(CCc2cc(O)cc(Oc3cc(CCc4cc(O)c(O)c(Oc5cc(O)cc(CCc6cccc(O)c6)c5)c4)cc(O)c3O)c2)c1. The van der Waals surface area contributed by atoms with Crippen molar-refractivity contribution in [1.29, 1.82) is 0 Å². The van der Waals surface area contributed by atoms with Gasteiger partial charge in [-0.25, -0.2) is 0 Å². The minimum atomic E-state index is -0.473. The molecule has 10 nitrogen and oxygen atoms in total. The van der Waals surface area contributed by atoms with Crippen molar-refractivity contribution in [1.82, 2.24) is 0 Å². The van der Waals surface area contributed by atoms with Gasteiger partial charge < -0.3 is 50.3 Å². The van der Waals surface area contributed by atoms with Gasteiger partial charge in [-0.2, -0.15) is 0 Å². The molecule has 0 atom stereocenters. The largest absolute Gasteiger partial charge is 0.508 e. The van der Waals surface area contributed by atoms with Gasteiger partial charge in [0, 0.05) is 12.1 Å². The Hall–Kier alpha value is -6.68. The predicted octanol–water partition coefficient (Wildman–Crippen LogP) is 8.27. The lowest BCUT2D eigenvalue weighted by Crippen LogP contribution is -1.96. The molecule has 6 aromatic rings. The van der Waals surface area contributed by atoms with Crippen LogP contribution in [0.2, 0.25) is 0 Å². The molecule has 0 amide bonds. The Morgan fingerprint density at radius 1 is 0.327 bits per heavy atom. The maximum atomic E-state index is 10.6. The predicted molar refractivity (Wildman–Crippen MR) is 194 cm³/mol. The van der Waals surface area contributed by atoms with Gasteiger partial charge in [0.1, 0.15) is 34.5 Å². The van der Waals surface area contributed by atoms with Crippen LogP contribution in [-0.2, 0) is 38.5 Å². The van der Waals surface area contributed by atoms with E-state index in [0.29, 0.717) is 49.7 Å². The molecule has 0 aromatic heterocycles. The van der Waals surface area contributed by atoms with Crippen LogP contribution in [0.25, 0.3) is 0 Å². The Balaban J connectivity index is 1.14. The average molecular weight is 703 g/mol. The highest BCUT2D eigenvalue weighted by Gasteiger charge is 2.16. The van der Waals surface area contributed by atoms with Crippen LogP contribution in [0.15, 0.2) is 109 Å². The van der Waals surface area contributed by atoms with Crippen molar-refractivity contribution < 1.29 is 50.3 Å². The molecule has 0 saturated carbocycles. The molecule has 6 aromatic carbocycles. The molecule has 0 heterocycles. The van der Waals surface area contributed by atoms with Crippen molar-refractivity contribution >= 4 is 0 Å². The van der Waals surface area contributed by atoms with Gasteiger partial charge in [-0.15, -0.1) is 0 Å². The third kappa shape index (κ3) is 9.10. The number of hydrogen-bond acceptors (Lipinski definition) is 10. The first-order valence-electron chi connectivity index (χ1n) is 16.6. The number of ether oxygens (including phenoxy) is 2. The number of phenols is 8. The Bertz CT molecular complexity index is 2050. The van der Waals surface area contributed by atoms with E-state index in [1.165, 1.54) is 24.3 Å². The van der Waals surface area contributed by atoms with Gasteiger partial charge in [0.15, 0.2) is 23.0 Å². The van der Waals surface area contributed by atoms with Gasteiger partial charge in [0.05, 0.1) is 0 Å². The Morgan fingerprint density at radius 3 is 1.06 bits per heavy atom. The quantitative estimate of drug-likeness (QED) is 0.0546. The summed E-state index contributed by atoms with van der Waals surface area (Å²) in [7, 11) is 0.